The second kappa shape index (κ2) is 10.9. The fourth-order valence-corrected chi connectivity index (χ4v) is 3.99. The topological polar surface area (TPSA) is 67.9 Å². The summed E-state index contributed by atoms with van der Waals surface area (Å²) in [7, 11) is 0. The van der Waals surface area contributed by atoms with Crippen LogP contribution in [0.2, 0.25) is 10.0 Å². The highest BCUT2D eigenvalue weighted by Gasteiger charge is 2.38. The lowest BCUT2D eigenvalue weighted by Gasteiger charge is -2.36. The summed E-state index contributed by atoms with van der Waals surface area (Å²) in [5.41, 5.74) is 2.57. The Bertz CT molecular complexity index is 1050. The average molecular weight is 491 g/mol. The van der Waals surface area contributed by atoms with Crippen molar-refractivity contribution in [1.82, 2.24) is 10.2 Å². The van der Waals surface area contributed by atoms with E-state index in [9.17, 15) is 9.59 Å². The number of ether oxygens (including phenoxy) is 2. The number of benzene rings is 2. The fourth-order valence-electron chi connectivity index (χ4n) is 3.69. The van der Waals surface area contributed by atoms with Gasteiger partial charge in [-0.2, -0.15) is 0 Å². The van der Waals surface area contributed by atoms with Crippen molar-refractivity contribution in [1.29, 1.82) is 0 Å². The zero-order valence-corrected chi connectivity index (χ0v) is 20.7. The zero-order valence-electron chi connectivity index (χ0n) is 19.2. The molecule has 2 aromatic rings. The number of urea groups is 1. The predicted octanol–water partition coefficient (Wildman–Crippen LogP) is 6.10. The molecule has 8 heteroatoms. The Kier molecular flexibility index (Phi) is 8.27. The normalized spacial score (nSPS) is 16.2. The molecule has 6 nitrogen and oxygen atoms in total. The van der Waals surface area contributed by atoms with Gasteiger partial charge in [0.15, 0.2) is 0 Å². The van der Waals surface area contributed by atoms with Crippen molar-refractivity contribution in [3.63, 3.8) is 0 Å². The Morgan fingerprint density at radius 3 is 2.36 bits per heavy atom. The monoisotopic (exact) mass is 490 g/mol. The number of hydrogen-bond donors (Lipinski definition) is 1. The van der Waals surface area contributed by atoms with E-state index in [1.807, 2.05) is 31.2 Å². The number of nitrogens with one attached hydrogen (secondary N) is 1. The average Bonchev–Trinajstić information content (AvgIpc) is 2.79. The molecule has 0 unspecified atom stereocenters. The molecular weight excluding hydrogens is 463 g/mol. The van der Waals surface area contributed by atoms with Crippen molar-refractivity contribution in [3.8, 4) is 5.75 Å². The molecule has 33 heavy (non-hydrogen) atoms. The van der Waals surface area contributed by atoms with Gasteiger partial charge < -0.3 is 14.8 Å². The standard InChI is InChI=1S/C25H28Cl2N2O4/c1-5-29-21(14-33-18-10-7-16(8-11-18)15(3)4)22(24(30)32-6-2)23(28-25(29)31)17-9-12-19(26)20(27)13-17/h7-13,15,23H,5-6,14H2,1-4H3,(H,28,31)/t23-/m1/s1. The van der Waals surface area contributed by atoms with Gasteiger partial charge in [0.05, 0.1) is 34.0 Å². The van der Waals surface area contributed by atoms with Gasteiger partial charge in [-0.3, -0.25) is 4.90 Å². The highest BCUT2D eigenvalue weighted by atomic mass is 35.5. The Hall–Kier alpha value is -2.70. The third kappa shape index (κ3) is 5.63. The minimum atomic E-state index is -0.754. The Balaban J connectivity index is 2.03. The molecule has 2 amide bonds. The maximum absolute atomic E-state index is 13.1. The highest BCUT2D eigenvalue weighted by Crippen LogP contribution is 2.34. The smallest absolute Gasteiger partial charge is 0.338 e. The van der Waals surface area contributed by atoms with Gasteiger partial charge in [-0.1, -0.05) is 55.2 Å². The number of halogens is 2. The van der Waals surface area contributed by atoms with Crippen LogP contribution in [0.15, 0.2) is 53.7 Å². The molecular formula is C25H28Cl2N2O4. The van der Waals surface area contributed by atoms with E-state index in [1.165, 1.54) is 10.5 Å². The third-order valence-corrected chi connectivity index (χ3v) is 6.19. The molecule has 0 radical (unpaired) electrons. The van der Waals surface area contributed by atoms with Crippen LogP contribution >= 0.6 is 23.2 Å². The van der Waals surface area contributed by atoms with Crippen molar-refractivity contribution in [2.24, 2.45) is 0 Å². The van der Waals surface area contributed by atoms with Crippen LogP contribution in [-0.4, -0.2) is 36.7 Å². The predicted molar refractivity (Wildman–Crippen MR) is 130 cm³/mol. The van der Waals surface area contributed by atoms with Crippen molar-refractivity contribution in [2.45, 2.75) is 39.7 Å². The lowest BCUT2D eigenvalue weighted by molar-refractivity contribution is -0.139. The Morgan fingerprint density at radius 1 is 1.09 bits per heavy atom. The Labute approximate surface area is 204 Å². The van der Waals surface area contributed by atoms with Crippen molar-refractivity contribution >= 4 is 35.2 Å². The van der Waals surface area contributed by atoms with Crippen molar-refractivity contribution in [2.75, 3.05) is 19.8 Å². The zero-order chi connectivity index (χ0) is 24.1. The van der Waals surface area contributed by atoms with E-state index in [2.05, 4.69) is 19.2 Å². The summed E-state index contributed by atoms with van der Waals surface area (Å²) >= 11 is 12.3. The van der Waals surface area contributed by atoms with E-state index in [1.54, 1.807) is 25.1 Å². The quantitative estimate of drug-likeness (QED) is 0.453. The molecule has 0 spiro atoms. The summed E-state index contributed by atoms with van der Waals surface area (Å²) in [6.45, 7) is 8.38. The second-order valence-electron chi connectivity index (χ2n) is 7.89. The number of likely N-dealkylation sites (N-methyl/N-ethyl adjacent to an activating group) is 1. The summed E-state index contributed by atoms with van der Waals surface area (Å²) in [6.07, 6.45) is 0. The third-order valence-electron chi connectivity index (χ3n) is 5.45. The first-order valence-corrected chi connectivity index (χ1v) is 11.7. The molecule has 1 atom stereocenters. The van der Waals surface area contributed by atoms with Gasteiger partial charge in [-0.15, -0.1) is 0 Å². The molecule has 0 aromatic heterocycles. The van der Waals surface area contributed by atoms with Gasteiger partial charge >= 0.3 is 12.0 Å². The number of nitrogens with zero attached hydrogens (tertiary/aromatic N) is 1. The minimum Gasteiger partial charge on any atom is -0.487 e. The molecule has 3 rings (SSSR count). The molecule has 1 heterocycles. The molecule has 0 saturated heterocycles. The number of esters is 1. The van der Waals surface area contributed by atoms with E-state index in [-0.39, 0.29) is 19.2 Å². The first-order chi connectivity index (χ1) is 15.8. The number of carbonyl (C=O) groups is 2. The van der Waals surface area contributed by atoms with Crippen LogP contribution in [0.1, 0.15) is 50.8 Å². The number of hydrogen-bond acceptors (Lipinski definition) is 4. The van der Waals surface area contributed by atoms with E-state index >= 15 is 0 Å². The van der Waals surface area contributed by atoms with Crippen LogP contribution in [-0.2, 0) is 9.53 Å². The summed E-state index contributed by atoms with van der Waals surface area (Å²) < 4.78 is 11.4. The van der Waals surface area contributed by atoms with Crippen LogP contribution in [0, 0.1) is 0 Å². The van der Waals surface area contributed by atoms with Crippen LogP contribution in [0.5, 0.6) is 5.75 Å². The maximum atomic E-state index is 13.1. The molecule has 2 aromatic carbocycles. The fraction of sp³-hybridized carbons (Fsp3) is 0.360. The minimum absolute atomic E-state index is 0.0221. The largest absolute Gasteiger partial charge is 0.487 e. The van der Waals surface area contributed by atoms with Crippen LogP contribution in [0.4, 0.5) is 4.79 Å². The lowest BCUT2D eigenvalue weighted by atomic mass is 9.94. The molecule has 0 aliphatic carbocycles. The van der Waals surface area contributed by atoms with Gasteiger partial charge in [0, 0.05) is 6.54 Å². The van der Waals surface area contributed by atoms with E-state index in [4.69, 9.17) is 32.7 Å². The summed E-state index contributed by atoms with van der Waals surface area (Å²) in [5, 5.41) is 3.60. The van der Waals surface area contributed by atoms with Gasteiger partial charge in [-0.05, 0) is 55.2 Å². The van der Waals surface area contributed by atoms with Crippen LogP contribution < -0.4 is 10.1 Å². The SMILES string of the molecule is CCOC(=O)C1=C(COc2ccc(C(C)C)cc2)N(CC)C(=O)N[C@@H]1c1ccc(Cl)c(Cl)c1. The second-order valence-corrected chi connectivity index (χ2v) is 8.71. The molecule has 0 fully saturated rings. The first-order valence-electron chi connectivity index (χ1n) is 10.9. The molecule has 0 bridgehead atoms. The number of amides is 2. The van der Waals surface area contributed by atoms with Gasteiger partial charge in [0.25, 0.3) is 0 Å². The van der Waals surface area contributed by atoms with Crippen LogP contribution in [0.3, 0.4) is 0 Å². The van der Waals surface area contributed by atoms with E-state index < -0.39 is 12.0 Å². The lowest BCUT2D eigenvalue weighted by Crippen LogP contribution is -2.49. The molecule has 176 valence electrons. The first kappa shape index (κ1) is 24.9. The summed E-state index contributed by atoms with van der Waals surface area (Å²) in [6, 6.07) is 11.7. The van der Waals surface area contributed by atoms with E-state index in [0.29, 0.717) is 45.1 Å². The van der Waals surface area contributed by atoms with Crippen LogP contribution in [0.25, 0.3) is 0 Å². The molecule has 1 aliphatic rings. The number of rotatable bonds is 8. The van der Waals surface area contributed by atoms with Crippen molar-refractivity contribution < 1.29 is 19.1 Å². The highest BCUT2D eigenvalue weighted by molar-refractivity contribution is 6.42. The molecule has 1 N–H and O–H groups in total. The summed E-state index contributed by atoms with van der Waals surface area (Å²) in [4.78, 5) is 27.5. The number of carbonyl (C=O) groups excluding carboxylic acids is 2. The molecule has 0 saturated carbocycles. The van der Waals surface area contributed by atoms with Gasteiger partial charge in [0.2, 0.25) is 0 Å². The van der Waals surface area contributed by atoms with Crippen molar-refractivity contribution in [3.05, 3.63) is 74.9 Å². The van der Waals surface area contributed by atoms with Gasteiger partial charge in [0.1, 0.15) is 12.4 Å². The Morgan fingerprint density at radius 2 is 1.79 bits per heavy atom. The molecule has 1 aliphatic heterocycles. The maximum Gasteiger partial charge on any atom is 0.338 e. The summed E-state index contributed by atoms with van der Waals surface area (Å²) in [5.74, 6) is 0.519. The van der Waals surface area contributed by atoms with E-state index in [0.717, 1.165) is 0 Å². The van der Waals surface area contributed by atoms with Gasteiger partial charge in [-0.25, -0.2) is 9.59 Å².